The number of hydrogen-bond donors (Lipinski definition) is 0. The van der Waals surface area contributed by atoms with E-state index in [2.05, 4.69) is 6.07 Å². The molecule has 0 amide bonds. The van der Waals surface area contributed by atoms with Crippen LogP contribution in [0.5, 0.6) is 11.5 Å². The van der Waals surface area contributed by atoms with Crippen molar-refractivity contribution in [1.82, 2.24) is 0 Å². The van der Waals surface area contributed by atoms with Crippen LogP contribution in [0, 0.1) is 17.2 Å². The van der Waals surface area contributed by atoms with Gasteiger partial charge in [0.1, 0.15) is 11.5 Å². The highest BCUT2D eigenvalue weighted by molar-refractivity contribution is 5.91. The smallest absolute Gasteiger partial charge is 0.311 e. The first-order chi connectivity index (χ1) is 12.0. The molecule has 0 saturated heterocycles. The summed E-state index contributed by atoms with van der Waals surface area (Å²) < 4.78 is 10.7. The first-order valence-electron chi connectivity index (χ1n) is 8.09. The Morgan fingerprint density at radius 1 is 1.20 bits per heavy atom. The molecular weight excluding hydrogens is 314 g/mol. The number of methoxy groups -OCH3 is 1. The van der Waals surface area contributed by atoms with E-state index in [1.54, 1.807) is 31.4 Å². The molecule has 4 heteroatoms. The average Bonchev–Trinajstić information content (AvgIpc) is 2.59. The van der Waals surface area contributed by atoms with Gasteiger partial charge in [-0.3, -0.25) is 4.79 Å². The summed E-state index contributed by atoms with van der Waals surface area (Å²) in [6.45, 7) is 3.93. The van der Waals surface area contributed by atoms with E-state index in [0.29, 0.717) is 23.5 Å². The number of carbonyl (C=O) groups excluding carboxylic acids is 1. The largest absolute Gasteiger partial charge is 0.496 e. The van der Waals surface area contributed by atoms with E-state index in [1.807, 2.05) is 44.2 Å². The van der Waals surface area contributed by atoms with Crippen LogP contribution in [0.4, 0.5) is 0 Å². The van der Waals surface area contributed by atoms with Crippen LogP contribution in [0.2, 0.25) is 0 Å². The number of allylic oxidation sites excluding steroid dienone is 1. The lowest BCUT2D eigenvalue weighted by atomic mass is 10.0. The molecule has 0 aromatic heterocycles. The summed E-state index contributed by atoms with van der Waals surface area (Å²) in [6.07, 6.45) is 2.11. The van der Waals surface area contributed by atoms with Crippen LogP contribution in [0.1, 0.15) is 31.4 Å². The van der Waals surface area contributed by atoms with Crippen LogP contribution < -0.4 is 9.47 Å². The maximum atomic E-state index is 11.8. The number of nitrogens with zero attached hydrogens (tertiary/aromatic N) is 1. The maximum Gasteiger partial charge on any atom is 0.311 e. The third-order valence-electron chi connectivity index (χ3n) is 3.49. The maximum absolute atomic E-state index is 11.8. The van der Waals surface area contributed by atoms with Gasteiger partial charge in [-0.15, -0.1) is 0 Å². The number of ether oxygens (including phenoxy) is 2. The molecule has 2 rings (SSSR count). The molecule has 0 atom stereocenters. The summed E-state index contributed by atoms with van der Waals surface area (Å²) in [7, 11) is 1.57. The van der Waals surface area contributed by atoms with Crippen LogP contribution in [0.3, 0.4) is 0 Å². The minimum absolute atomic E-state index is 0.242. The van der Waals surface area contributed by atoms with Crippen molar-refractivity contribution in [3.63, 3.8) is 0 Å². The fourth-order valence-electron chi connectivity index (χ4n) is 2.38. The SMILES string of the molecule is COc1ccccc1/C(C#N)=C\c1cccc(OC(=O)CC(C)C)c1. The zero-order valence-corrected chi connectivity index (χ0v) is 14.7. The van der Waals surface area contributed by atoms with Gasteiger partial charge in [0.2, 0.25) is 0 Å². The summed E-state index contributed by atoms with van der Waals surface area (Å²) in [6, 6.07) is 16.7. The van der Waals surface area contributed by atoms with Crippen molar-refractivity contribution in [2.45, 2.75) is 20.3 Å². The van der Waals surface area contributed by atoms with E-state index in [-0.39, 0.29) is 11.9 Å². The van der Waals surface area contributed by atoms with Crippen molar-refractivity contribution in [3.8, 4) is 17.6 Å². The second kappa shape index (κ2) is 8.70. The summed E-state index contributed by atoms with van der Waals surface area (Å²) in [5.41, 5.74) is 1.97. The number of esters is 1. The molecule has 2 aromatic carbocycles. The number of nitriles is 1. The molecule has 0 unspecified atom stereocenters. The van der Waals surface area contributed by atoms with Gasteiger partial charge in [0.05, 0.1) is 18.8 Å². The topological polar surface area (TPSA) is 59.3 Å². The summed E-state index contributed by atoms with van der Waals surface area (Å²) in [5.74, 6) is 1.08. The summed E-state index contributed by atoms with van der Waals surface area (Å²) >= 11 is 0. The van der Waals surface area contributed by atoms with Gasteiger partial charge < -0.3 is 9.47 Å². The van der Waals surface area contributed by atoms with Gasteiger partial charge in [0.25, 0.3) is 0 Å². The molecule has 0 bridgehead atoms. The van der Waals surface area contributed by atoms with E-state index in [4.69, 9.17) is 9.47 Å². The molecule has 0 N–H and O–H groups in total. The molecule has 0 radical (unpaired) electrons. The van der Waals surface area contributed by atoms with Gasteiger partial charge >= 0.3 is 5.97 Å². The minimum Gasteiger partial charge on any atom is -0.496 e. The lowest BCUT2D eigenvalue weighted by Gasteiger charge is -2.08. The Morgan fingerprint density at radius 3 is 2.64 bits per heavy atom. The molecular formula is C21H21NO3. The van der Waals surface area contributed by atoms with Crippen LogP contribution in [-0.2, 0) is 4.79 Å². The Bertz CT molecular complexity index is 816. The molecule has 25 heavy (non-hydrogen) atoms. The highest BCUT2D eigenvalue weighted by atomic mass is 16.5. The lowest BCUT2D eigenvalue weighted by molar-refractivity contribution is -0.135. The Kier molecular flexibility index (Phi) is 6.36. The molecule has 0 saturated carbocycles. The van der Waals surface area contributed by atoms with Crippen molar-refractivity contribution in [2.24, 2.45) is 5.92 Å². The second-order valence-corrected chi connectivity index (χ2v) is 6.01. The van der Waals surface area contributed by atoms with Gasteiger partial charge in [0.15, 0.2) is 0 Å². The highest BCUT2D eigenvalue weighted by Gasteiger charge is 2.10. The third kappa shape index (κ3) is 5.22. The monoisotopic (exact) mass is 335 g/mol. The Morgan fingerprint density at radius 2 is 1.96 bits per heavy atom. The predicted octanol–water partition coefficient (Wildman–Crippen LogP) is 4.71. The summed E-state index contributed by atoms with van der Waals surface area (Å²) in [5, 5.41) is 9.52. The van der Waals surface area contributed by atoms with Crippen molar-refractivity contribution in [3.05, 3.63) is 59.7 Å². The van der Waals surface area contributed by atoms with Crippen molar-refractivity contribution in [2.75, 3.05) is 7.11 Å². The Hall–Kier alpha value is -3.06. The van der Waals surface area contributed by atoms with Crippen molar-refractivity contribution >= 4 is 17.6 Å². The van der Waals surface area contributed by atoms with Crippen LogP contribution in [0.25, 0.3) is 11.6 Å². The van der Waals surface area contributed by atoms with Crippen LogP contribution in [0.15, 0.2) is 48.5 Å². The zero-order chi connectivity index (χ0) is 18.2. The number of carbonyl (C=O) groups is 1. The van der Waals surface area contributed by atoms with Gasteiger partial charge in [0, 0.05) is 12.0 Å². The van der Waals surface area contributed by atoms with E-state index < -0.39 is 0 Å². The number of hydrogen-bond acceptors (Lipinski definition) is 4. The molecule has 128 valence electrons. The van der Waals surface area contributed by atoms with E-state index in [0.717, 1.165) is 11.1 Å². The molecule has 2 aromatic rings. The number of para-hydroxylation sites is 1. The first kappa shape index (κ1) is 18.3. The normalized spacial score (nSPS) is 11.1. The molecule has 0 aliphatic rings. The molecule has 4 nitrogen and oxygen atoms in total. The highest BCUT2D eigenvalue weighted by Crippen LogP contribution is 2.27. The van der Waals surface area contributed by atoms with E-state index >= 15 is 0 Å². The van der Waals surface area contributed by atoms with Gasteiger partial charge in [-0.2, -0.15) is 5.26 Å². The van der Waals surface area contributed by atoms with E-state index in [1.165, 1.54) is 0 Å². The van der Waals surface area contributed by atoms with Crippen LogP contribution >= 0.6 is 0 Å². The second-order valence-electron chi connectivity index (χ2n) is 6.01. The molecule has 0 aliphatic carbocycles. The van der Waals surface area contributed by atoms with Crippen molar-refractivity contribution < 1.29 is 14.3 Å². The fraction of sp³-hybridized carbons (Fsp3) is 0.238. The number of benzene rings is 2. The quantitative estimate of drug-likeness (QED) is 0.332. The Labute approximate surface area is 148 Å². The first-order valence-corrected chi connectivity index (χ1v) is 8.09. The lowest BCUT2D eigenvalue weighted by Crippen LogP contribution is -2.10. The average molecular weight is 335 g/mol. The standard InChI is InChI=1S/C21H21NO3/c1-15(2)11-21(23)25-18-8-6-7-16(13-18)12-17(14-22)19-9-4-5-10-20(19)24-3/h4-10,12-13,15H,11H2,1-3H3/b17-12-. The Balaban J connectivity index is 2.28. The van der Waals surface area contributed by atoms with Crippen molar-refractivity contribution in [1.29, 1.82) is 5.26 Å². The molecule has 0 heterocycles. The zero-order valence-electron chi connectivity index (χ0n) is 14.7. The van der Waals surface area contributed by atoms with Gasteiger partial charge in [-0.1, -0.05) is 38.1 Å². The minimum atomic E-state index is -0.263. The molecule has 0 fully saturated rings. The van der Waals surface area contributed by atoms with Gasteiger partial charge in [-0.25, -0.2) is 0 Å². The number of rotatable bonds is 6. The fourth-order valence-corrected chi connectivity index (χ4v) is 2.38. The van der Waals surface area contributed by atoms with E-state index in [9.17, 15) is 10.1 Å². The molecule has 0 aliphatic heterocycles. The van der Waals surface area contributed by atoms with Crippen LogP contribution in [-0.4, -0.2) is 13.1 Å². The summed E-state index contributed by atoms with van der Waals surface area (Å²) in [4.78, 5) is 11.8. The van der Waals surface area contributed by atoms with Gasteiger partial charge in [-0.05, 0) is 41.8 Å². The third-order valence-corrected chi connectivity index (χ3v) is 3.49. The predicted molar refractivity (Wildman–Crippen MR) is 98.0 cm³/mol. The molecule has 0 spiro atoms.